The summed E-state index contributed by atoms with van der Waals surface area (Å²) in [6.07, 6.45) is 6.67. The molecule has 0 spiro atoms. The molecule has 2 heterocycles. The number of aromatic amines is 2. The van der Waals surface area contributed by atoms with Crippen LogP contribution in [0.2, 0.25) is 0 Å². The number of carbonyl (C=O) groups is 2. The van der Waals surface area contributed by atoms with Gasteiger partial charge < -0.3 is 31.6 Å². The van der Waals surface area contributed by atoms with Crippen LogP contribution in [-0.4, -0.2) is 54.2 Å². The molecule has 2 aromatic heterocycles. The topological polar surface area (TPSA) is 184 Å². The van der Waals surface area contributed by atoms with Crippen LogP contribution in [0.3, 0.4) is 0 Å². The highest BCUT2D eigenvalue weighted by atomic mass is 16.4. The van der Waals surface area contributed by atoms with E-state index in [-0.39, 0.29) is 12.8 Å². The number of rotatable bonds is 6. The lowest BCUT2D eigenvalue weighted by molar-refractivity contribution is -0.139. The van der Waals surface area contributed by atoms with Gasteiger partial charge in [0.15, 0.2) is 0 Å². The molecule has 10 nitrogen and oxygen atoms in total. The van der Waals surface area contributed by atoms with Gasteiger partial charge in [0.05, 0.1) is 12.7 Å². The van der Waals surface area contributed by atoms with Crippen LogP contribution >= 0.6 is 0 Å². The first-order valence-electron chi connectivity index (χ1n) is 6.31. The van der Waals surface area contributed by atoms with Crippen LogP contribution in [0.25, 0.3) is 0 Å². The molecule has 0 bridgehead atoms. The molecule has 0 aliphatic heterocycles. The molecule has 22 heavy (non-hydrogen) atoms. The molecule has 120 valence electrons. The number of imidazole rings is 2. The zero-order valence-electron chi connectivity index (χ0n) is 11.6. The van der Waals surface area contributed by atoms with E-state index in [4.69, 9.17) is 21.7 Å². The molecular formula is C12H18N6O4. The lowest BCUT2D eigenvalue weighted by Gasteiger charge is -2.02. The minimum Gasteiger partial charge on any atom is -0.480 e. The van der Waals surface area contributed by atoms with E-state index in [0.717, 1.165) is 11.4 Å². The molecule has 0 saturated heterocycles. The maximum atomic E-state index is 10.3. The first-order valence-corrected chi connectivity index (χ1v) is 6.31. The number of hydrogen-bond donors (Lipinski definition) is 6. The van der Waals surface area contributed by atoms with E-state index in [1.165, 1.54) is 12.7 Å². The minimum absolute atomic E-state index is 0.287. The minimum atomic E-state index is -1.00. The Hall–Kier alpha value is -2.72. The Balaban J connectivity index is 0.000000220. The van der Waals surface area contributed by atoms with Gasteiger partial charge in [0, 0.05) is 36.6 Å². The molecule has 8 N–H and O–H groups in total. The molecule has 0 aliphatic carbocycles. The maximum absolute atomic E-state index is 10.3. The second-order valence-corrected chi connectivity index (χ2v) is 4.45. The van der Waals surface area contributed by atoms with E-state index in [1.807, 2.05) is 0 Å². The van der Waals surface area contributed by atoms with E-state index in [2.05, 4.69) is 19.9 Å². The van der Waals surface area contributed by atoms with E-state index < -0.39 is 24.0 Å². The number of hydrogen-bond acceptors (Lipinski definition) is 6. The van der Waals surface area contributed by atoms with E-state index in [9.17, 15) is 9.59 Å². The van der Waals surface area contributed by atoms with Crippen molar-refractivity contribution in [3.63, 3.8) is 0 Å². The standard InChI is InChI=1S/2C6H9N3O2/c2*7-5(6(10)11)1-4-2-8-3-9-4/h2*2-3,5H,1,7H2,(H,8,9)(H,10,11)/t5-;/m1./s1. The summed E-state index contributed by atoms with van der Waals surface area (Å²) in [5.41, 5.74) is 12.0. The van der Waals surface area contributed by atoms with Crippen molar-refractivity contribution in [2.45, 2.75) is 24.9 Å². The Morgan fingerprint density at radius 3 is 1.55 bits per heavy atom. The number of carboxylic acids is 2. The Kier molecular flexibility index (Phi) is 6.73. The SMILES string of the molecule is NC(Cc1cnc[nH]1)C(=O)O.N[C@H](Cc1cnc[nH]1)C(=O)O. The van der Waals surface area contributed by atoms with Gasteiger partial charge in [0.25, 0.3) is 0 Å². The fraction of sp³-hybridized carbons (Fsp3) is 0.333. The van der Waals surface area contributed by atoms with Crippen LogP contribution in [0.5, 0.6) is 0 Å². The van der Waals surface area contributed by atoms with Gasteiger partial charge in [0.2, 0.25) is 0 Å². The van der Waals surface area contributed by atoms with Crippen LogP contribution in [0.15, 0.2) is 25.0 Å². The lowest BCUT2D eigenvalue weighted by atomic mass is 10.2. The van der Waals surface area contributed by atoms with Crippen molar-refractivity contribution < 1.29 is 19.8 Å². The fourth-order valence-corrected chi connectivity index (χ4v) is 1.44. The third kappa shape index (κ3) is 6.15. The van der Waals surface area contributed by atoms with Crippen LogP contribution in [-0.2, 0) is 22.4 Å². The molecule has 2 rings (SSSR count). The summed E-state index contributed by atoms with van der Waals surface area (Å²) in [4.78, 5) is 33.5. The Morgan fingerprint density at radius 2 is 1.32 bits per heavy atom. The molecule has 0 radical (unpaired) electrons. The predicted molar refractivity (Wildman–Crippen MR) is 75.8 cm³/mol. The largest absolute Gasteiger partial charge is 0.480 e. The summed E-state index contributed by atoms with van der Waals surface area (Å²) in [5, 5.41) is 16.8. The van der Waals surface area contributed by atoms with Crippen LogP contribution in [0, 0.1) is 0 Å². The van der Waals surface area contributed by atoms with Gasteiger partial charge in [0.1, 0.15) is 12.1 Å². The highest BCUT2D eigenvalue weighted by Crippen LogP contribution is 1.96. The molecule has 2 aromatic rings. The van der Waals surface area contributed by atoms with Gasteiger partial charge in [-0.25, -0.2) is 9.97 Å². The summed E-state index contributed by atoms with van der Waals surface area (Å²) >= 11 is 0. The molecule has 0 saturated carbocycles. The number of nitrogens with zero attached hydrogens (tertiary/aromatic N) is 2. The molecule has 0 aliphatic rings. The molecule has 10 heteroatoms. The fourth-order valence-electron chi connectivity index (χ4n) is 1.44. The number of H-pyrrole nitrogens is 2. The molecule has 2 atom stereocenters. The third-order valence-corrected chi connectivity index (χ3v) is 2.62. The van der Waals surface area contributed by atoms with E-state index in [0.29, 0.717) is 0 Å². The Labute approximate surface area is 125 Å². The molecular weight excluding hydrogens is 292 g/mol. The Bertz CT molecular complexity index is 516. The predicted octanol–water partition coefficient (Wildman–Crippen LogP) is -1.27. The third-order valence-electron chi connectivity index (χ3n) is 2.62. The smallest absolute Gasteiger partial charge is 0.320 e. The van der Waals surface area contributed by atoms with Gasteiger partial charge >= 0.3 is 11.9 Å². The van der Waals surface area contributed by atoms with E-state index in [1.54, 1.807) is 12.4 Å². The van der Waals surface area contributed by atoms with Gasteiger partial charge in [-0.3, -0.25) is 9.59 Å². The van der Waals surface area contributed by atoms with Gasteiger partial charge in [-0.1, -0.05) is 0 Å². The number of carboxylic acid groups (broad SMARTS) is 2. The van der Waals surface area contributed by atoms with Crippen LogP contribution < -0.4 is 11.5 Å². The first-order chi connectivity index (χ1) is 10.4. The quantitative estimate of drug-likeness (QED) is 0.381. The van der Waals surface area contributed by atoms with Crippen molar-refractivity contribution in [2.75, 3.05) is 0 Å². The molecule has 0 aromatic carbocycles. The van der Waals surface area contributed by atoms with Crippen molar-refractivity contribution in [1.29, 1.82) is 0 Å². The zero-order valence-corrected chi connectivity index (χ0v) is 11.6. The monoisotopic (exact) mass is 310 g/mol. The highest BCUT2D eigenvalue weighted by Gasteiger charge is 2.12. The highest BCUT2D eigenvalue weighted by molar-refractivity contribution is 5.73. The van der Waals surface area contributed by atoms with Crippen molar-refractivity contribution in [3.8, 4) is 0 Å². The van der Waals surface area contributed by atoms with Crippen molar-refractivity contribution in [2.24, 2.45) is 11.5 Å². The molecule has 1 unspecified atom stereocenters. The number of nitrogens with two attached hydrogens (primary N) is 2. The second-order valence-electron chi connectivity index (χ2n) is 4.45. The lowest BCUT2D eigenvalue weighted by Crippen LogP contribution is -2.32. The van der Waals surface area contributed by atoms with Crippen LogP contribution in [0.1, 0.15) is 11.4 Å². The van der Waals surface area contributed by atoms with Crippen molar-refractivity contribution in [1.82, 2.24) is 19.9 Å². The number of aliphatic carboxylic acids is 2. The summed E-state index contributed by atoms with van der Waals surface area (Å²) in [6, 6.07) is -1.70. The molecule has 0 fully saturated rings. The number of aromatic nitrogens is 4. The summed E-state index contributed by atoms with van der Waals surface area (Å²) < 4.78 is 0. The zero-order chi connectivity index (χ0) is 16.5. The first kappa shape index (κ1) is 17.3. The summed E-state index contributed by atoms with van der Waals surface area (Å²) in [5.74, 6) is -2.00. The average Bonchev–Trinajstić information content (AvgIpc) is 3.12. The number of nitrogens with one attached hydrogen (secondary N) is 2. The Morgan fingerprint density at radius 1 is 0.955 bits per heavy atom. The summed E-state index contributed by atoms with van der Waals surface area (Å²) in [6.45, 7) is 0. The van der Waals surface area contributed by atoms with Gasteiger partial charge in [-0.2, -0.15) is 0 Å². The second kappa shape index (κ2) is 8.54. The van der Waals surface area contributed by atoms with Gasteiger partial charge in [-0.05, 0) is 0 Å². The summed E-state index contributed by atoms with van der Waals surface area (Å²) in [7, 11) is 0. The maximum Gasteiger partial charge on any atom is 0.320 e. The van der Waals surface area contributed by atoms with Crippen molar-refractivity contribution >= 4 is 11.9 Å². The normalized spacial score (nSPS) is 12.8. The van der Waals surface area contributed by atoms with Crippen LogP contribution in [0.4, 0.5) is 0 Å². The molecule has 0 amide bonds. The van der Waals surface area contributed by atoms with E-state index >= 15 is 0 Å². The van der Waals surface area contributed by atoms with Crippen molar-refractivity contribution in [3.05, 3.63) is 36.4 Å². The average molecular weight is 310 g/mol. The van der Waals surface area contributed by atoms with Gasteiger partial charge in [-0.15, -0.1) is 0 Å².